The fourth-order valence-corrected chi connectivity index (χ4v) is 1.02. The minimum absolute atomic E-state index is 0.609. The summed E-state index contributed by atoms with van der Waals surface area (Å²) in [5.74, 6) is 0.661. The van der Waals surface area contributed by atoms with Crippen LogP contribution in [-0.2, 0) is 16.0 Å². The molecule has 0 spiro atoms. The van der Waals surface area contributed by atoms with Crippen LogP contribution in [0, 0.1) is 0 Å². The highest BCUT2D eigenvalue weighted by Gasteiger charge is 1.96. The van der Waals surface area contributed by atoms with Gasteiger partial charge in [0.25, 0.3) is 0 Å². The zero-order valence-electron chi connectivity index (χ0n) is 8.94. The first-order valence-corrected chi connectivity index (χ1v) is 4.96. The molecule has 1 aromatic heterocycles. The molecule has 0 saturated carbocycles. The molecule has 0 fully saturated rings. The number of hydrogen-bond acceptors (Lipinski definition) is 6. The third-order valence-corrected chi connectivity index (χ3v) is 1.75. The Bertz CT molecular complexity index is 229. The SMILES string of the molecule is COCCCOCCNCc1ncon1. The van der Waals surface area contributed by atoms with E-state index in [4.69, 9.17) is 9.47 Å². The maximum Gasteiger partial charge on any atom is 0.213 e. The average Bonchev–Trinajstić information content (AvgIpc) is 2.75. The van der Waals surface area contributed by atoms with Crippen molar-refractivity contribution in [2.75, 3.05) is 33.5 Å². The molecule has 0 radical (unpaired) electrons. The van der Waals surface area contributed by atoms with Crippen molar-refractivity contribution >= 4 is 0 Å². The Balaban J connectivity index is 1.81. The molecule has 1 N–H and O–H groups in total. The first-order valence-electron chi connectivity index (χ1n) is 4.96. The first-order chi connectivity index (χ1) is 7.43. The van der Waals surface area contributed by atoms with Crippen molar-refractivity contribution in [3.05, 3.63) is 12.2 Å². The molecule has 6 nitrogen and oxygen atoms in total. The molecular weight excluding hydrogens is 198 g/mol. The topological polar surface area (TPSA) is 69.4 Å². The van der Waals surface area contributed by atoms with Crippen LogP contribution < -0.4 is 5.32 Å². The Hall–Kier alpha value is -0.980. The number of aromatic nitrogens is 2. The molecule has 6 heteroatoms. The van der Waals surface area contributed by atoms with Gasteiger partial charge in [-0.25, -0.2) is 0 Å². The fraction of sp³-hybridized carbons (Fsp3) is 0.778. The molecule has 0 unspecified atom stereocenters. The number of nitrogens with zero attached hydrogens (tertiary/aromatic N) is 2. The van der Waals surface area contributed by atoms with Crippen molar-refractivity contribution < 1.29 is 14.0 Å². The molecule has 0 aliphatic rings. The Kier molecular flexibility index (Phi) is 6.72. The van der Waals surface area contributed by atoms with E-state index in [2.05, 4.69) is 20.0 Å². The van der Waals surface area contributed by atoms with E-state index in [0.717, 1.165) is 26.2 Å². The predicted octanol–water partition coefficient (Wildman–Crippen LogP) is 0.212. The Morgan fingerprint density at radius 2 is 2.33 bits per heavy atom. The lowest BCUT2D eigenvalue weighted by Crippen LogP contribution is -2.20. The summed E-state index contributed by atoms with van der Waals surface area (Å²) in [7, 11) is 1.69. The second kappa shape index (κ2) is 8.34. The zero-order valence-corrected chi connectivity index (χ0v) is 8.94. The third kappa shape index (κ3) is 6.16. The molecule has 0 bridgehead atoms. The largest absolute Gasteiger partial charge is 0.385 e. The van der Waals surface area contributed by atoms with Gasteiger partial charge in [0.2, 0.25) is 6.39 Å². The monoisotopic (exact) mass is 215 g/mol. The summed E-state index contributed by atoms with van der Waals surface area (Å²) < 4.78 is 14.8. The number of nitrogens with one attached hydrogen (secondary N) is 1. The summed E-state index contributed by atoms with van der Waals surface area (Å²) in [4.78, 5) is 3.88. The van der Waals surface area contributed by atoms with Crippen molar-refractivity contribution in [3.63, 3.8) is 0 Å². The van der Waals surface area contributed by atoms with Crippen LogP contribution in [0.2, 0.25) is 0 Å². The average molecular weight is 215 g/mol. The van der Waals surface area contributed by atoms with E-state index in [9.17, 15) is 0 Å². The van der Waals surface area contributed by atoms with Crippen LogP contribution in [0.5, 0.6) is 0 Å². The van der Waals surface area contributed by atoms with Gasteiger partial charge in [0.05, 0.1) is 13.2 Å². The lowest BCUT2D eigenvalue weighted by atomic mass is 10.5. The van der Waals surface area contributed by atoms with E-state index >= 15 is 0 Å². The summed E-state index contributed by atoms with van der Waals surface area (Å²) in [5, 5.41) is 6.81. The van der Waals surface area contributed by atoms with E-state index in [-0.39, 0.29) is 0 Å². The number of rotatable bonds is 9. The Morgan fingerprint density at radius 3 is 3.07 bits per heavy atom. The predicted molar refractivity (Wildman–Crippen MR) is 53.3 cm³/mol. The van der Waals surface area contributed by atoms with Gasteiger partial charge >= 0.3 is 0 Å². The van der Waals surface area contributed by atoms with Gasteiger partial charge in [0, 0.05) is 26.9 Å². The summed E-state index contributed by atoms with van der Waals surface area (Å²) in [5.41, 5.74) is 0. The maximum absolute atomic E-state index is 5.35. The van der Waals surface area contributed by atoms with Crippen LogP contribution in [0.25, 0.3) is 0 Å². The molecule has 0 aliphatic carbocycles. The Morgan fingerprint density at radius 1 is 1.40 bits per heavy atom. The third-order valence-electron chi connectivity index (χ3n) is 1.75. The number of methoxy groups -OCH3 is 1. The van der Waals surface area contributed by atoms with Crippen molar-refractivity contribution in [2.24, 2.45) is 0 Å². The number of hydrogen-bond donors (Lipinski definition) is 1. The van der Waals surface area contributed by atoms with Gasteiger partial charge in [0.1, 0.15) is 0 Å². The van der Waals surface area contributed by atoms with Crippen molar-refractivity contribution in [2.45, 2.75) is 13.0 Å². The van der Waals surface area contributed by atoms with E-state index < -0.39 is 0 Å². The highest BCUT2D eigenvalue weighted by molar-refractivity contribution is 4.75. The number of ether oxygens (including phenoxy) is 2. The molecule has 0 aliphatic heterocycles. The van der Waals surface area contributed by atoms with Crippen LogP contribution in [0.4, 0.5) is 0 Å². The van der Waals surface area contributed by atoms with E-state index in [1.165, 1.54) is 6.39 Å². The standard InChI is InChI=1S/C9H17N3O3/c1-13-4-2-5-14-6-3-10-7-9-11-8-15-12-9/h8,10H,2-7H2,1H3. The summed E-state index contributed by atoms with van der Waals surface area (Å²) in [6.45, 7) is 3.55. The molecule has 0 amide bonds. The van der Waals surface area contributed by atoms with Gasteiger partial charge in [-0.1, -0.05) is 5.16 Å². The van der Waals surface area contributed by atoms with Gasteiger partial charge in [-0.2, -0.15) is 4.98 Å². The minimum Gasteiger partial charge on any atom is -0.385 e. The van der Waals surface area contributed by atoms with Crippen LogP contribution in [0.15, 0.2) is 10.9 Å². The minimum atomic E-state index is 0.609. The van der Waals surface area contributed by atoms with Crippen LogP contribution in [-0.4, -0.2) is 43.6 Å². The lowest BCUT2D eigenvalue weighted by Gasteiger charge is -2.04. The molecule has 1 aromatic rings. The highest BCUT2D eigenvalue weighted by Crippen LogP contribution is 1.86. The fourth-order valence-electron chi connectivity index (χ4n) is 1.02. The molecule has 0 atom stereocenters. The normalized spacial score (nSPS) is 10.7. The van der Waals surface area contributed by atoms with Gasteiger partial charge in [-0.15, -0.1) is 0 Å². The maximum atomic E-state index is 5.35. The quantitative estimate of drug-likeness (QED) is 0.594. The Labute approximate surface area is 88.9 Å². The molecule has 1 rings (SSSR count). The van der Waals surface area contributed by atoms with Gasteiger partial charge < -0.3 is 19.3 Å². The molecule has 1 heterocycles. The molecule has 0 aromatic carbocycles. The van der Waals surface area contributed by atoms with Crippen molar-refractivity contribution in [3.8, 4) is 0 Å². The second-order valence-electron chi connectivity index (χ2n) is 2.98. The van der Waals surface area contributed by atoms with E-state index in [1.807, 2.05) is 0 Å². The van der Waals surface area contributed by atoms with Crippen molar-refractivity contribution in [1.82, 2.24) is 15.5 Å². The molecule has 86 valence electrons. The summed E-state index contributed by atoms with van der Waals surface area (Å²) in [6, 6.07) is 0. The second-order valence-corrected chi connectivity index (χ2v) is 2.98. The van der Waals surface area contributed by atoms with Crippen LogP contribution in [0.1, 0.15) is 12.2 Å². The van der Waals surface area contributed by atoms with Gasteiger partial charge in [-0.05, 0) is 6.42 Å². The van der Waals surface area contributed by atoms with E-state index in [1.54, 1.807) is 7.11 Å². The van der Waals surface area contributed by atoms with E-state index in [0.29, 0.717) is 19.0 Å². The van der Waals surface area contributed by atoms with Gasteiger partial charge in [0.15, 0.2) is 5.82 Å². The summed E-state index contributed by atoms with van der Waals surface area (Å²) in [6.07, 6.45) is 2.25. The molecule has 15 heavy (non-hydrogen) atoms. The van der Waals surface area contributed by atoms with Crippen LogP contribution in [0.3, 0.4) is 0 Å². The summed E-state index contributed by atoms with van der Waals surface area (Å²) >= 11 is 0. The molecular formula is C9H17N3O3. The smallest absolute Gasteiger partial charge is 0.213 e. The first kappa shape index (κ1) is 12.1. The lowest BCUT2D eigenvalue weighted by molar-refractivity contribution is 0.104. The van der Waals surface area contributed by atoms with Gasteiger partial charge in [-0.3, -0.25) is 0 Å². The zero-order chi connectivity index (χ0) is 10.8. The van der Waals surface area contributed by atoms with Crippen LogP contribution >= 0.6 is 0 Å². The highest BCUT2D eigenvalue weighted by atomic mass is 16.5. The molecule has 0 saturated heterocycles. The van der Waals surface area contributed by atoms with Crippen molar-refractivity contribution in [1.29, 1.82) is 0 Å².